The number of carbonyl (C=O) groups excluding carboxylic acids is 1. The van der Waals surface area contributed by atoms with Crippen molar-refractivity contribution in [1.29, 1.82) is 0 Å². The highest BCUT2D eigenvalue weighted by molar-refractivity contribution is 6.32. The molecule has 1 aromatic carbocycles. The van der Waals surface area contributed by atoms with E-state index in [2.05, 4.69) is 30.4 Å². The number of carbonyl (C=O) groups is 1. The number of benzene rings is 1. The fourth-order valence-corrected chi connectivity index (χ4v) is 4.29. The summed E-state index contributed by atoms with van der Waals surface area (Å²) in [5.41, 5.74) is 7.59. The number of nitrogen functional groups attached to an aromatic ring is 1. The molecule has 1 atom stereocenters. The molecule has 0 saturated carbocycles. The number of unbranched alkanes of at least 4 members (excludes halogenated alkanes) is 1. The number of halogens is 2. The third kappa shape index (κ3) is 3.39. The van der Waals surface area contributed by atoms with Gasteiger partial charge in [0.25, 0.3) is 0 Å². The smallest absolute Gasteiger partial charge is 0.240 e. The number of rotatable bonds is 6. The second-order valence-corrected chi connectivity index (χ2v) is 8.56. The van der Waals surface area contributed by atoms with E-state index >= 15 is 0 Å². The molecule has 0 unspecified atom stereocenters. The molecule has 3 aromatic heterocycles. The lowest BCUT2D eigenvalue weighted by molar-refractivity contribution is -0.119. The Hall–Kier alpha value is -3.86. The summed E-state index contributed by atoms with van der Waals surface area (Å²) in [6.07, 6.45) is 4.56. The maximum atomic E-state index is 13.1. The number of amides is 1. The number of anilines is 2. The molecule has 34 heavy (non-hydrogen) atoms. The van der Waals surface area contributed by atoms with Crippen molar-refractivity contribution in [3.63, 3.8) is 0 Å². The Kier molecular flexibility index (Phi) is 5.28. The lowest BCUT2D eigenvalue weighted by Gasteiger charge is -2.23. The maximum Gasteiger partial charge on any atom is 0.240 e. The number of phenols is 1. The highest BCUT2D eigenvalue weighted by atomic mass is 35.5. The zero-order chi connectivity index (χ0) is 24.0. The molecule has 1 amide bonds. The van der Waals surface area contributed by atoms with Crippen LogP contribution in [0.15, 0.2) is 30.7 Å². The maximum absolute atomic E-state index is 13.1. The Morgan fingerprint density at radius 1 is 1.26 bits per heavy atom. The summed E-state index contributed by atoms with van der Waals surface area (Å²) < 4.78 is 14.1. The van der Waals surface area contributed by atoms with Gasteiger partial charge in [-0.1, -0.05) is 17.7 Å². The molecule has 12 heteroatoms. The highest BCUT2D eigenvalue weighted by Crippen LogP contribution is 2.46. The van der Waals surface area contributed by atoms with E-state index in [-0.39, 0.29) is 34.1 Å². The van der Waals surface area contributed by atoms with Gasteiger partial charge in [-0.15, -0.1) is 0 Å². The van der Waals surface area contributed by atoms with E-state index in [1.165, 1.54) is 18.5 Å². The Balaban J connectivity index is 1.61. The number of phenolic OH excluding ortho intramolecular Hbond substituents is 1. The summed E-state index contributed by atoms with van der Waals surface area (Å²) in [4.78, 5) is 30.9. The second-order valence-electron chi connectivity index (χ2n) is 8.15. The summed E-state index contributed by atoms with van der Waals surface area (Å²) in [6.45, 7) is 1.27. The largest absolute Gasteiger partial charge is 0.506 e. The molecule has 0 bridgehead atoms. The number of alkyl halides is 1. The van der Waals surface area contributed by atoms with Crippen molar-refractivity contribution in [1.82, 2.24) is 29.5 Å². The molecule has 0 fully saturated rings. The van der Waals surface area contributed by atoms with E-state index in [1.807, 2.05) is 0 Å². The molecule has 0 spiro atoms. The monoisotopic (exact) mass is 482 g/mol. The summed E-state index contributed by atoms with van der Waals surface area (Å²) in [5, 5.41) is 17.2. The number of nitrogens with one attached hydrogen (secondary N) is 1. The fourth-order valence-electron chi connectivity index (χ4n) is 4.17. The number of aryl methyl sites for hydroxylation is 1. The molecule has 0 aliphatic carbocycles. The van der Waals surface area contributed by atoms with Crippen LogP contribution in [0.2, 0.25) is 5.02 Å². The van der Waals surface area contributed by atoms with Crippen LogP contribution in [-0.4, -0.2) is 47.2 Å². The first-order chi connectivity index (χ1) is 16.3. The fraction of sp³-hybridized carbons (Fsp3) is 0.273. The van der Waals surface area contributed by atoms with Gasteiger partial charge in [0.05, 0.1) is 29.2 Å². The minimum absolute atomic E-state index is 0.0924. The molecule has 1 aliphatic rings. The van der Waals surface area contributed by atoms with Crippen LogP contribution in [-0.2, 0) is 16.6 Å². The topological polar surface area (TPSA) is 144 Å². The molecule has 0 radical (unpaired) electrons. The van der Waals surface area contributed by atoms with Crippen LogP contribution in [0, 0.1) is 0 Å². The predicted octanol–water partition coefficient (Wildman–Crippen LogP) is 3.07. The summed E-state index contributed by atoms with van der Waals surface area (Å²) >= 11 is 5.94. The van der Waals surface area contributed by atoms with Gasteiger partial charge < -0.3 is 16.2 Å². The Morgan fingerprint density at radius 2 is 2.09 bits per heavy atom. The Bertz CT molecular complexity index is 1440. The van der Waals surface area contributed by atoms with Crippen molar-refractivity contribution in [2.45, 2.75) is 31.6 Å². The normalized spacial score (nSPS) is 17.2. The van der Waals surface area contributed by atoms with Crippen molar-refractivity contribution in [2.75, 3.05) is 17.7 Å². The highest BCUT2D eigenvalue weighted by Gasteiger charge is 2.47. The summed E-state index contributed by atoms with van der Waals surface area (Å²) in [5.74, 6) is 0.0277. The first kappa shape index (κ1) is 22.0. The lowest BCUT2D eigenvalue weighted by Crippen LogP contribution is -2.32. The third-order valence-corrected chi connectivity index (χ3v) is 6.32. The molecule has 5 rings (SSSR count). The van der Waals surface area contributed by atoms with E-state index in [0.717, 1.165) is 0 Å². The molecule has 4 heterocycles. The van der Waals surface area contributed by atoms with Crippen LogP contribution in [0.3, 0.4) is 0 Å². The number of aromatic nitrogens is 6. The quantitative estimate of drug-likeness (QED) is 0.355. The third-order valence-electron chi connectivity index (χ3n) is 6.00. The van der Waals surface area contributed by atoms with Gasteiger partial charge in [0, 0.05) is 0 Å². The van der Waals surface area contributed by atoms with E-state index in [4.69, 9.17) is 17.3 Å². The van der Waals surface area contributed by atoms with Crippen LogP contribution in [0.25, 0.3) is 17.2 Å². The van der Waals surface area contributed by atoms with Gasteiger partial charge in [-0.25, -0.2) is 24.5 Å². The molecule has 4 aromatic rings. The van der Waals surface area contributed by atoms with Crippen molar-refractivity contribution >= 4 is 34.8 Å². The van der Waals surface area contributed by atoms with Gasteiger partial charge in [0.2, 0.25) is 5.91 Å². The van der Waals surface area contributed by atoms with E-state index in [0.29, 0.717) is 47.4 Å². The zero-order valence-corrected chi connectivity index (χ0v) is 18.8. The summed E-state index contributed by atoms with van der Waals surface area (Å²) in [7, 11) is 0. The van der Waals surface area contributed by atoms with Gasteiger partial charge in [0.15, 0.2) is 11.5 Å². The number of hydrogen-bond donors (Lipinski definition) is 3. The molecular weight excluding hydrogens is 463 g/mol. The van der Waals surface area contributed by atoms with E-state index < -0.39 is 12.1 Å². The minimum Gasteiger partial charge on any atom is -0.506 e. The molecule has 1 aliphatic heterocycles. The first-order valence-corrected chi connectivity index (χ1v) is 10.9. The second kappa shape index (κ2) is 8.17. The van der Waals surface area contributed by atoms with Crippen LogP contribution in [0.5, 0.6) is 5.75 Å². The van der Waals surface area contributed by atoms with Crippen molar-refractivity contribution in [3.05, 3.63) is 52.6 Å². The zero-order valence-electron chi connectivity index (χ0n) is 18.1. The average Bonchev–Trinajstić information content (AvgIpc) is 3.38. The number of fused-ring (bicyclic) bond motifs is 2. The van der Waals surface area contributed by atoms with Gasteiger partial charge in [-0.2, -0.15) is 5.10 Å². The van der Waals surface area contributed by atoms with Crippen LogP contribution >= 0.6 is 11.6 Å². The van der Waals surface area contributed by atoms with Gasteiger partial charge in [-0.05, 0) is 43.9 Å². The molecular formula is C22H20ClFN8O2. The van der Waals surface area contributed by atoms with Crippen molar-refractivity contribution < 1.29 is 14.3 Å². The molecule has 0 saturated heterocycles. The SMILES string of the molecule is C[C@]1(c2ccc(Cl)c(O)c2)C(=O)Nc2nc(-c3cn4ncnc4c(CCCCF)n3)nc(N)c21. The molecule has 10 nitrogen and oxygen atoms in total. The molecule has 174 valence electrons. The number of nitrogens with two attached hydrogens (primary N) is 1. The Labute approximate surface area is 198 Å². The van der Waals surface area contributed by atoms with Gasteiger partial charge in [0.1, 0.15) is 34.8 Å². The minimum atomic E-state index is -1.24. The molecule has 4 N–H and O–H groups in total. The van der Waals surface area contributed by atoms with Crippen LogP contribution < -0.4 is 11.1 Å². The number of nitrogens with zero attached hydrogens (tertiary/aromatic N) is 6. The number of aromatic hydroxyl groups is 1. The predicted molar refractivity (Wildman–Crippen MR) is 123 cm³/mol. The van der Waals surface area contributed by atoms with Crippen molar-refractivity contribution in [3.8, 4) is 17.3 Å². The standard InChI is InChI=1S/C22H20ClFN8O2/c1-22(11-5-6-12(23)15(33)8-11)16-17(25)29-18(30-19(16)31-21(22)34)14-9-32-20(26-10-27-32)13(28-14)4-2-3-7-24/h5-6,8-10,33H,2-4,7H2,1H3,(H3,25,29,30,31,34)/t22-/m1/s1. The van der Waals surface area contributed by atoms with E-state index in [9.17, 15) is 14.3 Å². The first-order valence-electron chi connectivity index (χ1n) is 10.6. The van der Waals surface area contributed by atoms with E-state index in [1.54, 1.807) is 23.7 Å². The van der Waals surface area contributed by atoms with Crippen molar-refractivity contribution in [2.24, 2.45) is 0 Å². The number of hydrogen-bond acceptors (Lipinski definition) is 8. The van der Waals surface area contributed by atoms with Crippen LogP contribution in [0.1, 0.15) is 36.6 Å². The van der Waals surface area contributed by atoms with Gasteiger partial charge in [-0.3, -0.25) is 9.18 Å². The Morgan fingerprint density at radius 3 is 2.85 bits per heavy atom. The average molecular weight is 483 g/mol. The van der Waals surface area contributed by atoms with Crippen LogP contribution in [0.4, 0.5) is 16.0 Å². The van der Waals surface area contributed by atoms with Gasteiger partial charge >= 0.3 is 0 Å². The lowest BCUT2D eigenvalue weighted by atomic mass is 9.77. The summed E-state index contributed by atoms with van der Waals surface area (Å²) in [6, 6.07) is 4.58.